The van der Waals surface area contributed by atoms with E-state index in [4.69, 9.17) is 0 Å². The summed E-state index contributed by atoms with van der Waals surface area (Å²) in [5.41, 5.74) is 3.12. The Labute approximate surface area is 113 Å². The lowest BCUT2D eigenvalue weighted by Crippen LogP contribution is -1.98. The van der Waals surface area contributed by atoms with Gasteiger partial charge in [-0.3, -0.25) is 4.98 Å². The molecule has 0 bridgehead atoms. The molecule has 2 aromatic heterocycles. The minimum absolute atomic E-state index is 1.03. The summed E-state index contributed by atoms with van der Waals surface area (Å²) < 4.78 is 2.96. The van der Waals surface area contributed by atoms with Crippen molar-refractivity contribution in [1.29, 1.82) is 0 Å². The van der Waals surface area contributed by atoms with Crippen LogP contribution in [0.4, 0.5) is 0 Å². The van der Waals surface area contributed by atoms with Crippen molar-refractivity contribution in [3.63, 3.8) is 0 Å². The van der Waals surface area contributed by atoms with Crippen molar-refractivity contribution in [2.24, 2.45) is 0 Å². The molecule has 0 unspecified atom stereocenters. The summed E-state index contributed by atoms with van der Waals surface area (Å²) in [6.07, 6.45) is 5.40. The van der Waals surface area contributed by atoms with Gasteiger partial charge in [-0.1, -0.05) is 15.9 Å². The Bertz CT molecular complexity index is 644. The average Bonchev–Trinajstić information content (AvgIpc) is 2.90. The summed E-state index contributed by atoms with van der Waals surface area (Å²) in [5, 5.41) is 4.37. The number of hydrogen-bond acceptors (Lipinski definition) is 2. The Hall–Kier alpha value is -1.94. The lowest BCUT2D eigenvalue weighted by Gasteiger charge is -2.07. The van der Waals surface area contributed by atoms with E-state index in [1.807, 2.05) is 53.3 Å². The van der Waals surface area contributed by atoms with Crippen LogP contribution >= 0.6 is 15.9 Å². The predicted molar refractivity (Wildman–Crippen MR) is 74.5 cm³/mol. The predicted octanol–water partition coefficient (Wildman–Crippen LogP) is 3.70. The molecule has 0 N–H and O–H groups in total. The van der Waals surface area contributed by atoms with E-state index in [1.54, 1.807) is 12.4 Å². The van der Waals surface area contributed by atoms with Gasteiger partial charge in [0.25, 0.3) is 0 Å². The number of rotatable bonds is 2. The van der Waals surface area contributed by atoms with Crippen LogP contribution in [0.1, 0.15) is 0 Å². The van der Waals surface area contributed by atoms with E-state index in [2.05, 4.69) is 26.0 Å². The third-order valence-electron chi connectivity index (χ3n) is 2.67. The molecule has 0 aliphatic rings. The van der Waals surface area contributed by atoms with Crippen molar-refractivity contribution in [2.45, 2.75) is 0 Å². The molecule has 0 radical (unpaired) electrons. The van der Waals surface area contributed by atoms with Crippen LogP contribution in [-0.4, -0.2) is 14.8 Å². The lowest BCUT2D eigenvalue weighted by molar-refractivity contribution is 0.887. The summed E-state index contributed by atoms with van der Waals surface area (Å²) in [4.78, 5) is 4.14. The van der Waals surface area contributed by atoms with Gasteiger partial charge in [-0.05, 0) is 42.5 Å². The first-order chi connectivity index (χ1) is 8.84. The fourth-order valence-corrected chi connectivity index (χ4v) is 2.09. The number of halogens is 1. The van der Waals surface area contributed by atoms with Crippen molar-refractivity contribution < 1.29 is 0 Å². The standard InChI is InChI=1S/C14H10BrN3/c15-12-3-5-13(6-4-12)18-14(7-9-17-18)11-2-1-8-16-10-11/h1-10H. The number of hydrogen-bond donors (Lipinski definition) is 0. The van der Waals surface area contributed by atoms with Crippen LogP contribution in [0.15, 0.2) is 65.5 Å². The van der Waals surface area contributed by atoms with Crippen molar-refractivity contribution >= 4 is 15.9 Å². The zero-order chi connectivity index (χ0) is 12.4. The van der Waals surface area contributed by atoms with Gasteiger partial charge in [-0.2, -0.15) is 5.10 Å². The molecule has 2 heterocycles. The van der Waals surface area contributed by atoms with E-state index >= 15 is 0 Å². The molecule has 0 amide bonds. The third-order valence-corrected chi connectivity index (χ3v) is 3.20. The molecule has 88 valence electrons. The van der Waals surface area contributed by atoms with Crippen LogP contribution in [0.2, 0.25) is 0 Å². The maximum absolute atomic E-state index is 4.37. The molecule has 0 atom stereocenters. The fourth-order valence-electron chi connectivity index (χ4n) is 1.82. The molecule has 0 spiro atoms. The van der Waals surface area contributed by atoms with Gasteiger partial charge in [-0.25, -0.2) is 4.68 Å². The third kappa shape index (κ3) is 2.07. The maximum atomic E-state index is 4.37. The number of benzene rings is 1. The first-order valence-corrected chi connectivity index (χ1v) is 6.34. The fraction of sp³-hybridized carbons (Fsp3) is 0. The molecule has 4 heteroatoms. The van der Waals surface area contributed by atoms with E-state index in [9.17, 15) is 0 Å². The zero-order valence-electron chi connectivity index (χ0n) is 9.49. The molecule has 18 heavy (non-hydrogen) atoms. The van der Waals surface area contributed by atoms with Gasteiger partial charge in [0.2, 0.25) is 0 Å². The topological polar surface area (TPSA) is 30.7 Å². The Morgan fingerprint density at radius 3 is 2.50 bits per heavy atom. The van der Waals surface area contributed by atoms with E-state index in [-0.39, 0.29) is 0 Å². The second kappa shape index (κ2) is 4.74. The van der Waals surface area contributed by atoms with Crippen molar-refractivity contribution in [3.8, 4) is 16.9 Å². The van der Waals surface area contributed by atoms with Crippen molar-refractivity contribution in [3.05, 3.63) is 65.5 Å². The van der Waals surface area contributed by atoms with Crippen molar-refractivity contribution in [1.82, 2.24) is 14.8 Å². The van der Waals surface area contributed by atoms with Crippen LogP contribution in [0.25, 0.3) is 16.9 Å². The summed E-state index contributed by atoms with van der Waals surface area (Å²) in [5.74, 6) is 0. The Morgan fingerprint density at radius 2 is 1.78 bits per heavy atom. The molecule has 0 aliphatic carbocycles. The highest BCUT2D eigenvalue weighted by atomic mass is 79.9. The second-order valence-electron chi connectivity index (χ2n) is 3.85. The highest BCUT2D eigenvalue weighted by Gasteiger charge is 2.06. The monoisotopic (exact) mass is 299 g/mol. The van der Waals surface area contributed by atoms with Gasteiger partial charge >= 0.3 is 0 Å². The number of aromatic nitrogens is 3. The minimum Gasteiger partial charge on any atom is -0.264 e. The molecular formula is C14H10BrN3. The highest BCUT2D eigenvalue weighted by molar-refractivity contribution is 9.10. The van der Waals surface area contributed by atoms with E-state index in [1.165, 1.54) is 0 Å². The van der Waals surface area contributed by atoms with Crippen LogP contribution in [0.5, 0.6) is 0 Å². The maximum Gasteiger partial charge on any atom is 0.0756 e. The zero-order valence-corrected chi connectivity index (χ0v) is 11.1. The first-order valence-electron chi connectivity index (χ1n) is 5.55. The van der Waals surface area contributed by atoms with Crippen molar-refractivity contribution in [2.75, 3.05) is 0 Å². The largest absolute Gasteiger partial charge is 0.264 e. The van der Waals surface area contributed by atoms with Gasteiger partial charge in [-0.15, -0.1) is 0 Å². The average molecular weight is 300 g/mol. The molecule has 0 aliphatic heterocycles. The van der Waals surface area contributed by atoms with Crippen LogP contribution < -0.4 is 0 Å². The van der Waals surface area contributed by atoms with E-state index in [0.29, 0.717) is 0 Å². The van der Waals surface area contributed by atoms with Crippen LogP contribution in [0.3, 0.4) is 0 Å². The molecule has 3 nitrogen and oxygen atoms in total. The second-order valence-corrected chi connectivity index (χ2v) is 4.76. The lowest BCUT2D eigenvalue weighted by atomic mass is 10.2. The Kier molecular flexibility index (Phi) is 2.94. The Morgan fingerprint density at radius 1 is 0.944 bits per heavy atom. The minimum atomic E-state index is 1.03. The SMILES string of the molecule is Brc1ccc(-n2nccc2-c2cccnc2)cc1. The molecule has 3 rings (SSSR count). The van der Waals surface area contributed by atoms with Gasteiger partial charge < -0.3 is 0 Å². The molecular weight excluding hydrogens is 290 g/mol. The van der Waals surface area contributed by atoms with Gasteiger partial charge in [0.15, 0.2) is 0 Å². The van der Waals surface area contributed by atoms with Crippen LogP contribution in [0, 0.1) is 0 Å². The van der Waals surface area contributed by atoms with Gasteiger partial charge in [0.05, 0.1) is 17.6 Å². The molecule has 0 saturated carbocycles. The Balaban J connectivity index is 2.10. The quantitative estimate of drug-likeness (QED) is 0.722. The smallest absolute Gasteiger partial charge is 0.0756 e. The van der Waals surface area contributed by atoms with Gasteiger partial charge in [0, 0.05) is 22.4 Å². The summed E-state index contributed by atoms with van der Waals surface area (Å²) in [6.45, 7) is 0. The van der Waals surface area contributed by atoms with E-state index < -0.39 is 0 Å². The van der Waals surface area contributed by atoms with Crippen LogP contribution in [-0.2, 0) is 0 Å². The van der Waals surface area contributed by atoms with Gasteiger partial charge in [0.1, 0.15) is 0 Å². The number of pyridine rings is 1. The molecule has 0 saturated heterocycles. The normalized spacial score (nSPS) is 10.5. The molecule has 3 aromatic rings. The van der Waals surface area contributed by atoms with E-state index in [0.717, 1.165) is 21.4 Å². The summed E-state index contributed by atoms with van der Waals surface area (Å²) >= 11 is 3.43. The highest BCUT2D eigenvalue weighted by Crippen LogP contribution is 2.22. The molecule has 1 aromatic carbocycles. The summed E-state index contributed by atoms with van der Waals surface area (Å²) in [6, 6.07) is 14.0. The first kappa shape index (κ1) is 11.2. The number of nitrogens with zero attached hydrogens (tertiary/aromatic N) is 3. The summed E-state index contributed by atoms with van der Waals surface area (Å²) in [7, 11) is 0. The molecule has 0 fully saturated rings.